The number of hydrogen-bond donors (Lipinski definition) is 1. The molecule has 3 aromatic rings. The first kappa shape index (κ1) is 17.5. The Morgan fingerprint density at radius 3 is 2.38 bits per heavy atom. The Labute approximate surface area is 145 Å². The van der Waals surface area contributed by atoms with Crippen molar-refractivity contribution < 1.29 is 18.3 Å². The highest BCUT2D eigenvalue weighted by Crippen LogP contribution is 2.29. The third kappa shape index (κ3) is 3.52. The minimum absolute atomic E-state index is 0.0594. The van der Waals surface area contributed by atoms with Crippen LogP contribution < -0.4 is 0 Å². The molecule has 1 aromatic carbocycles. The molecule has 26 heavy (non-hydrogen) atoms. The Bertz CT molecular complexity index is 959. The van der Waals surface area contributed by atoms with Gasteiger partial charge in [-0.05, 0) is 6.07 Å². The van der Waals surface area contributed by atoms with Gasteiger partial charge >= 0.3 is 6.18 Å². The molecule has 7 nitrogen and oxygen atoms in total. The van der Waals surface area contributed by atoms with E-state index in [-0.39, 0.29) is 24.7 Å². The van der Waals surface area contributed by atoms with E-state index in [9.17, 15) is 13.2 Å². The minimum Gasteiger partial charge on any atom is -0.394 e. The summed E-state index contributed by atoms with van der Waals surface area (Å²) in [6, 6.07) is 8.98. The van der Waals surface area contributed by atoms with Crippen molar-refractivity contribution in [3.63, 3.8) is 0 Å². The van der Waals surface area contributed by atoms with Crippen LogP contribution >= 0.6 is 0 Å². The first-order valence-corrected chi connectivity index (χ1v) is 7.39. The summed E-state index contributed by atoms with van der Waals surface area (Å²) in [4.78, 5) is 8.60. The Hall–Kier alpha value is -3.32. The lowest BCUT2D eigenvalue weighted by atomic mass is 10.1. The van der Waals surface area contributed by atoms with Crippen molar-refractivity contribution in [3.05, 3.63) is 47.9 Å². The van der Waals surface area contributed by atoms with E-state index in [1.165, 1.54) is 16.9 Å². The van der Waals surface area contributed by atoms with Gasteiger partial charge < -0.3 is 5.11 Å². The van der Waals surface area contributed by atoms with Crippen LogP contribution in [0.15, 0.2) is 36.5 Å². The van der Waals surface area contributed by atoms with Gasteiger partial charge in [-0.15, -0.1) is 5.10 Å². The predicted octanol–water partition coefficient (Wildman–Crippen LogP) is 2.28. The van der Waals surface area contributed by atoms with E-state index >= 15 is 0 Å². The summed E-state index contributed by atoms with van der Waals surface area (Å²) in [5.41, 5.74) is 0.326. The molecule has 3 rings (SSSR count). The van der Waals surface area contributed by atoms with E-state index < -0.39 is 11.9 Å². The smallest absolute Gasteiger partial charge is 0.394 e. The van der Waals surface area contributed by atoms with Crippen molar-refractivity contribution in [2.45, 2.75) is 12.7 Å². The topological polar surface area (TPSA) is 101 Å². The summed E-state index contributed by atoms with van der Waals surface area (Å²) in [6.07, 6.45) is -3.50. The van der Waals surface area contributed by atoms with Crippen LogP contribution in [-0.4, -0.2) is 36.7 Å². The number of aliphatic hydroxyl groups is 1. The zero-order chi connectivity index (χ0) is 18.7. The lowest BCUT2D eigenvalue weighted by molar-refractivity contribution is -0.141. The number of aromatic nitrogens is 5. The van der Waals surface area contributed by atoms with Gasteiger partial charge in [0.05, 0.1) is 13.2 Å². The third-order valence-electron chi connectivity index (χ3n) is 3.42. The highest BCUT2D eigenvalue weighted by atomic mass is 19.4. The lowest BCUT2D eigenvalue weighted by Crippen LogP contribution is -2.08. The van der Waals surface area contributed by atoms with Gasteiger partial charge in [0.15, 0.2) is 11.5 Å². The fraction of sp³-hybridized carbons (Fsp3) is 0.188. The summed E-state index contributed by atoms with van der Waals surface area (Å²) in [5.74, 6) is -0.0594. The number of halogens is 3. The quantitative estimate of drug-likeness (QED) is 0.766. The van der Waals surface area contributed by atoms with Gasteiger partial charge in [-0.3, -0.25) is 0 Å². The standard InChI is InChI=1S/C16H11F3N6O/c17-16(18,19)13-5-6-21-15(22-13)11-3-1-10(2-4-11)14-12(9-20)23-25(24-14)7-8-26/h1-6,26H,7-8H2. The number of nitriles is 1. The van der Waals surface area contributed by atoms with Crippen LogP contribution in [-0.2, 0) is 12.7 Å². The maximum Gasteiger partial charge on any atom is 0.433 e. The van der Waals surface area contributed by atoms with E-state index in [1.807, 2.05) is 6.07 Å². The van der Waals surface area contributed by atoms with Crippen LogP contribution in [0, 0.1) is 11.3 Å². The fourth-order valence-corrected chi connectivity index (χ4v) is 2.24. The Morgan fingerprint density at radius 2 is 1.77 bits per heavy atom. The maximum atomic E-state index is 12.8. The second-order valence-electron chi connectivity index (χ2n) is 5.17. The molecule has 2 heterocycles. The molecule has 0 amide bonds. The molecule has 0 saturated heterocycles. The molecule has 0 spiro atoms. The van der Waals surface area contributed by atoms with Gasteiger partial charge in [0.2, 0.25) is 0 Å². The zero-order valence-electron chi connectivity index (χ0n) is 13.1. The average Bonchev–Trinajstić information content (AvgIpc) is 3.05. The van der Waals surface area contributed by atoms with Gasteiger partial charge in [-0.2, -0.15) is 28.3 Å². The van der Waals surface area contributed by atoms with Crippen LogP contribution in [0.5, 0.6) is 0 Å². The Balaban J connectivity index is 1.94. The molecule has 0 aliphatic rings. The molecule has 132 valence electrons. The molecule has 0 atom stereocenters. The summed E-state index contributed by atoms with van der Waals surface area (Å²) in [5, 5.41) is 26.2. The Kier molecular flexibility index (Phi) is 4.64. The van der Waals surface area contributed by atoms with Crippen LogP contribution in [0.2, 0.25) is 0 Å². The number of hydrogen-bond acceptors (Lipinski definition) is 6. The number of rotatable bonds is 4. The van der Waals surface area contributed by atoms with Crippen molar-refractivity contribution in [2.75, 3.05) is 6.61 Å². The van der Waals surface area contributed by atoms with Crippen LogP contribution in [0.1, 0.15) is 11.4 Å². The van der Waals surface area contributed by atoms with Gasteiger partial charge in [-0.25, -0.2) is 9.97 Å². The van der Waals surface area contributed by atoms with E-state index in [0.717, 1.165) is 12.3 Å². The normalized spacial score (nSPS) is 11.3. The fourth-order valence-electron chi connectivity index (χ4n) is 2.24. The largest absolute Gasteiger partial charge is 0.433 e. The lowest BCUT2D eigenvalue weighted by Gasteiger charge is -2.07. The van der Waals surface area contributed by atoms with Crippen molar-refractivity contribution in [2.24, 2.45) is 0 Å². The third-order valence-corrected chi connectivity index (χ3v) is 3.42. The first-order chi connectivity index (χ1) is 12.4. The van der Waals surface area contributed by atoms with E-state index in [4.69, 9.17) is 10.4 Å². The molecular weight excluding hydrogens is 349 g/mol. The molecular formula is C16H11F3N6O. The van der Waals surface area contributed by atoms with Crippen molar-refractivity contribution in [1.82, 2.24) is 25.0 Å². The highest BCUT2D eigenvalue weighted by molar-refractivity contribution is 5.68. The number of aliphatic hydroxyl groups excluding tert-OH is 1. The monoisotopic (exact) mass is 360 g/mol. The van der Waals surface area contributed by atoms with Crippen LogP contribution in [0.25, 0.3) is 22.6 Å². The molecule has 0 bridgehead atoms. The van der Waals surface area contributed by atoms with Gasteiger partial charge in [0.25, 0.3) is 0 Å². The molecule has 2 aromatic heterocycles. The zero-order valence-corrected chi connectivity index (χ0v) is 13.1. The van der Waals surface area contributed by atoms with Gasteiger partial charge in [0, 0.05) is 17.3 Å². The summed E-state index contributed by atoms with van der Waals surface area (Å²) >= 11 is 0. The molecule has 0 radical (unpaired) electrons. The molecule has 0 unspecified atom stereocenters. The van der Waals surface area contributed by atoms with Crippen molar-refractivity contribution in [3.8, 4) is 28.7 Å². The highest BCUT2D eigenvalue weighted by Gasteiger charge is 2.32. The van der Waals surface area contributed by atoms with Gasteiger partial charge in [0.1, 0.15) is 17.5 Å². The molecule has 10 heteroatoms. The summed E-state index contributed by atoms with van der Waals surface area (Å²) < 4.78 is 38.3. The molecule has 0 aliphatic heterocycles. The summed E-state index contributed by atoms with van der Waals surface area (Å²) in [7, 11) is 0. The summed E-state index contributed by atoms with van der Waals surface area (Å²) in [6.45, 7) is -0.0321. The second kappa shape index (κ2) is 6.89. The molecule has 1 N–H and O–H groups in total. The second-order valence-corrected chi connectivity index (χ2v) is 5.17. The number of alkyl halides is 3. The van der Waals surface area contributed by atoms with E-state index in [0.29, 0.717) is 16.8 Å². The first-order valence-electron chi connectivity index (χ1n) is 7.39. The predicted molar refractivity (Wildman–Crippen MR) is 83.3 cm³/mol. The molecule has 0 fully saturated rings. The van der Waals surface area contributed by atoms with Gasteiger partial charge in [-0.1, -0.05) is 24.3 Å². The van der Waals surface area contributed by atoms with E-state index in [1.54, 1.807) is 12.1 Å². The molecule has 0 aliphatic carbocycles. The van der Waals surface area contributed by atoms with Crippen molar-refractivity contribution >= 4 is 0 Å². The number of benzene rings is 1. The maximum absolute atomic E-state index is 12.8. The molecule has 0 saturated carbocycles. The SMILES string of the molecule is N#Cc1nn(CCO)nc1-c1ccc(-c2nccc(C(F)(F)F)n2)cc1. The van der Waals surface area contributed by atoms with Crippen LogP contribution in [0.3, 0.4) is 0 Å². The average molecular weight is 360 g/mol. The van der Waals surface area contributed by atoms with Crippen molar-refractivity contribution in [1.29, 1.82) is 5.26 Å². The van der Waals surface area contributed by atoms with Crippen LogP contribution in [0.4, 0.5) is 13.2 Å². The number of nitrogens with zero attached hydrogens (tertiary/aromatic N) is 6. The minimum atomic E-state index is -4.55. The Morgan fingerprint density at radius 1 is 1.08 bits per heavy atom. The van der Waals surface area contributed by atoms with E-state index in [2.05, 4.69) is 20.2 Å².